The van der Waals surface area contributed by atoms with Crippen molar-refractivity contribution in [1.82, 2.24) is 10.2 Å². The Morgan fingerprint density at radius 3 is 2.60 bits per heavy atom. The Labute approximate surface area is 117 Å². The fourth-order valence-electron chi connectivity index (χ4n) is 2.25. The molecule has 5 nitrogen and oxygen atoms in total. The fourth-order valence-corrected chi connectivity index (χ4v) is 2.25. The largest absolute Gasteiger partial charge is 0.390 e. The van der Waals surface area contributed by atoms with Crippen LogP contribution in [0.3, 0.4) is 0 Å². The number of anilines is 1. The van der Waals surface area contributed by atoms with E-state index in [0.29, 0.717) is 12.2 Å². The predicted octanol–water partition coefficient (Wildman–Crippen LogP) is 1.40. The lowest BCUT2D eigenvalue weighted by Gasteiger charge is -2.19. The van der Waals surface area contributed by atoms with Gasteiger partial charge in [-0.15, -0.1) is 0 Å². The van der Waals surface area contributed by atoms with Gasteiger partial charge in [-0.05, 0) is 50.2 Å². The highest BCUT2D eigenvalue weighted by Crippen LogP contribution is 2.08. The maximum absolute atomic E-state index is 12.7. The number of nitrogens with one attached hydrogen (secondary N) is 2. The molecule has 0 aromatic heterocycles. The Balaban J connectivity index is 1.67. The molecule has 6 heteroatoms. The average molecular weight is 281 g/mol. The number of carbonyl (C=O) groups excluding carboxylic acids is 1. The van der Waals surface area contributed by atoms with Gasteiger partial charge in [-0.1, -0.05) is 0 Å². The van der Waals surface area contributed by atoms with Gasteiger partial charge in [0.05, 0.1) is 6.10 Å². The molecule has 20 heavy (non-hydrogen) atoms. The third-order valence-electron chi connectivity index (χ3n) is 3.27. The van der Waals surface area contributed by atoms with Crippen LogP contribution in [0.5, 0.6) is 0 Å². The van der Waals surface area contributed by atoms with Crippen LogP contribution in [0, 0.1) is 5.82 Å². The van der Waals surface area contributed by atoms with Gasteiger partial charge in [-0.3, -0.25) is 0 Å². The van der Waals surface area contributed by atoms with Crippen molar-refractivity contribution < 1.29 is 14.3 Å². The number of β-amino-alcohol motifs (C(OH)–C–C–N with tert-alkyl or cyclic N) is 1. The van der Waals surface area contributed by atoms with E-state index in [0.717, 1.165) is 13.1 Å². The number of benzene rings is 1. The molecule has 0 spiro atoms. The van der Waals surface area contributed by atoms with Crippen molar-refractivity contribution in [3.63, 3.8) is 0 Å². The summed E-state index contributed by atoms with van der Waals surface area (Å²) in [4.78, 5) is 13.8. The molecule has 3 N–H and O–H groups in total. The van der Waals surface area contributed by atoms with Crippen LogP contribution in [0.1, 0.15) is 12.8 Å². The molecule has 1 aliphatic heterocycles. The van der Waals surface area contributed by atoms with Crippen LogP contribution in [-0.4, -0.2) is 48.3 Å². The molecule has 2 rings (SSSR count). The zero-order valence-electron chi connectivity index (χ0n) is 11.3. The van der Waals surface area contributed by atoms with Gasteiger partial charge >= 0.3 is 6.03 Å². The van der Waals surface area contributed by atoms with Crippen LogP contribution >= 0.6 is 0 Å². The molecule has 1 saturated heterocycles. The van der Waals surface area contributed by atoms with Crippen molar-refractivity contribution in [2.45, 2.75) is 18.9 Å². The Morgan fingerprint density at radius 2 is 1.95 bits per heavy atom. The normalized spacial score (nSPS) is 16.9. The molecule has 0 bridgehead atoms. The number of aliphatic hydroxyl groups excluding tert-OH is 1. The Bertz CT molecular complexity index is 433. The maximum Gasteiger partial charge on any atom is 0.319 e. The summed E-state index contributed by atoms with van der Waals surface area (Å²) in [7, 11) is 0. The molecule has 110 valence electrons. The highest BCUT2D eigenvalue weighted by Gasteiger charge is 2.16. The molecule has 2 amide bonds. The second-order valence-electron chi connectivity index (χ2n) is 5.00. The van der Waals surface area contributed by atoms with Gasteiger partial charge in [-0.2, -0.15) is 0 Å². The number of halogens is 1. The summed E-state index contributed by atoms with van der Waals surface area (Å²) in [6.45, 7) is 2.80. The summed E-state index contributed by atoms with van der Waals surface area (Å²) in [6, 6.07) is 5.11. The fraction of sp³-hybridized carbons (Fsp3) is 0.500. The van der Waals surface area contributed by atoms with E-state index in [1.165, 1.54) is 37.1 Å². The van der Waals surface area contributed by atoms with Crippen LogP contribution in [0.2, 0.25) is 0 Å². The molecular weight excluding hydrogens is 261 g/mol. The zero-order chi connectivity index (χ0) is 14.4. The van der Waals surface area contributed by atoms with E-state index < -0.39 is 12.1 Å². The van der Waals surface area contributed by atoms with Crippen molar-refractivity contribution in [2.75, 3.05) is 31.5 Å². The number of rotatable bonds is 5. The lowest BCUT2D eigenvalue weighted by atomic mass is 10.3. The number of carbonyl (C=O) groups is 1. The minimum Gasteiger partial charge on any atom is -0.390 e. The molecule has 1 fully saturated rings. The van der Waals surface area contributed by atoms with Gasteiger partial charge in [0.1, 0.15) is 5.82 Å². The summed E-state index contributed by atoms with van der Waals surface area (Å²) < 4.78 is 12.7. The molecular formula is C14H20FN3O2. The first-order valence-corrected chi connectivity index (χ1v) is 6.84. The van der Waals surface area contributed by atoms with Crippen LogP contribution < -0.4 is 10.6 Å². The smallest absolute Gasteiger partial charge is 0.319 e. The molecule has 0 aliphatic carbocycles. The van der Waals surface area contributed by atoms with E-state index in [-0.39, 0.29) is 12.4 Å². The van der Waals surface area contributed by atoms with Gasteiger partial charge in [0.15, 0.2) is 0 Å². The summed E-state index contributed by atoms with van der Waals surface area (Å²) in [5.41, 5.74) is 0.512. The molecule has 0 saturated carbocycles. The van der Waals surface area contributed by atoms with Gasteiger partial charge in [0.2, 0.25) is 0 Å². The van der Waals surface area contributed by atoms with Crippen LogP contribution in [0.25, 0.3) is 0 Å². The third-order valence-corrected chi connectivity index (χ3v) is 3.27. The number of amides is 2. The summed E-state index contributed by atoms with van der Waals surface area (Å²) in [5, 5.41) is 15.0. The number of hydrogen-bond acceptors (Lipinski definition) is 3. The SMILES string of the molecule is O=C(NCC(O)CN1CCCC1)Nc1ccc(F)cc1. The number of nitrogens with zero attached hydrogens (tertiary/aromatic N) is 1. The standard InChI is InChI=1S/C14H20FN3O2/c15-11-3-5-12(6-4-11)17-14(20)16-9-13(19)10-18-7-1-2-8-18/h3-6,13,19H,1-2,7-10H2,(H2,16,17,20). The molecule has 1 atom stereocenters. The molecule has 0 radical (unpaired) electrons. The third kappa shape index (κ3) is 4.79. The lowest BCUT2D eigenvalue weighted by molar-refractivity contribution is 0.125. The monoisotopic (exact) mass is 281 g/mol. The van der Waals surface area contributed by atoms with Gasteiger partial charge < -0.3 is 20.6 Å². The number of likely N-dealkylation sites (tertiary alicyclic amines) is 1. The van der Waals surface area contributed by atoms with Crippen molar-refractivity contribution in [2.24, 2.45) is 0 Å². The Morgan fingerprint density at radius 1 is 1.30 bits per heavy atom. The van der Waals surface area contributed by atoms with Crippen molar-refractivity contribution in [3.8, 4) is 0 Å². The topological polar surface area (TPSA) is 64.6 Å². The van der Waals surface area contributed by atoms with E-state index in [1.54, 1.807) is 0 Å². The molecule has 1 aromatic carbocycles. The van der Waals surface area contributed by atoms with E-state index in [2.05, 4.69) is 15.5 Å². The van der Waals surface area contributed by atoms with Crippen molar-refractivity contribution >= 4 is 11.7 Å². The van der Waals surface area contributed by atoms with E-state index in [9.17, 15) is 14.3 Å². The quantitative estimate of drug-likeness (QED) is 0.764. The van der Waals surface area contributed by atoms with Crippen LogP contribution in [-0.2, 0) is 0 Å². The first kappa shape index (κ1) is 14.7. The van der Waals surface area contributed by atoms with Gasteiger partial charge in [-0.25, -0.2) is 9.18 Å². The molecule has 1 aromatic rings. The molecule has 1 heterocycles. The van der Waals surface area contributed by atoms with Gasteiger partial charge in [0.25, 0.3) is 0 Å². The molecule has 1 aliphatic rings. The summed E-state index contributed by atoms with van der Waals surface area (Å²) in [6.07, 6.45) is 1.77. The minimum atomic E-state index is -0.577. The summed E-state index contributed by atoms with van der Waals surface area (Å²) in [5.74, 6) is -0.350. The van der Waals surface area contributed by atoms with E-state index in [4.69, 9.17) is 0 Å². The number of urea groups is 1. The van der Waals surface area contributed by atoms with Crippen LogP contribution in [0.15, 0.2) is 24.3 Å². The Kier molecular flexibility index (Phi) is 5.31. The van der Waals surface area contributed by atoms with Gasteiger partial charge in [0, 0.05) is 18.8 Å². The lowest BCUT2D eigenvalue weighted by Crippen LogP contribution is -2.40. The number of hydrogen-bond donors (Lipinski definition) is 3. The highest BCUT2D eigenvalue weighted by atomic mass is 19.1. The number of aliphatic hydroxyl groups is 1. The predicted molar refractivity (Wildman–Crippen MR) is 75.1 cm³/mol. The first-order valence-electron chi connectivity index (χ1n) is 6.84. The van der Waals surface area contributed by atoms with Crippen molar-refractivity contribution in [1.29, 1.82) is 0 Å². The second kappa shape index (κ2) is 7.21. The first-order chi connectivity index (χ1) is 9.63. The minimum absolute atomic E-state index is 0.198. The second-order valence-corrected chi connectivity index (χ2v) is 5.00. The van der Waals surface area contributed by atoms with Crippen LogP contribution in [0.4, 0.5) is 14.9 Å². The maximum atomic E-state index is 12.7. The summed E-state index contributed by atoms with van der Waals surface area (Å²) >= 11 is 0. The molecule has 1 unspecified atom stereocenters. The zero-order valence-corrected chi connectivity index (χ0v) is 11.3. The van der Waals surface area contributed by atoms with E-state index in [1.807, 2.05) is 0 Å². The average Bonchev–Trinajstić information content (AvgIpc) is 2.92. The van der Waals surface area contributed by atoms with Crippen molar-refractivity contribution in [3.05, 3.63) is 30.1 Å². The highest BCUT2D eigenvalue weighted by molar-refractivity contribution is 5.89. The Hall–Kier alpha value is -1.66. The van der Waals surface area contributed by atoms with E-state index >= 15 is 0 Å².